The Labute approximate surface area is 118 Å². The van der Waals surface area contributed by atoms with Crippen LogP contribution in [0.25, 0.3) is 5.65 Å². The Morgan fingerprint density at radius 2 is 1.94 bits per heavy atom. The molecule has 90 valence electrons. The summed E-state index contributed by atoms with van der Waals surface area (Å²) in [5.41, 5.74) is 2.31. The van der Waals surface area contributed by atoms with Crippen molar-refractivity contribution < 1.29 is 0 Å². The summed E-state index contributed by atoms with van der Waals surface area (Å²) >= 11 is 5.25. The highest BCUT2D eigenvalue weighted by Gasteiger charge is 2.03. The second kappa shape index (κ2) is 5.16. The third kappa shape index (κ3) is 2.44. The summed E-state index contributed by atoms with van der Waals surface area (Å²) < 4.78 is 3.23. The number of imidazole rings is 1. The van der Waals surface area contributed by atoms with Gasteiger partial charge in [-0.1, -0.05) is 34.1 Å². The summed E-state index contributed by atoms with van der Waals surface area (Å²) in [6, 6.07) is 14.5. The fraction of sp³-hybridized carbons (Fsp3) is 0.0714. The van der Waals surface area contributed by atoms with Crippen molar-refractivity contribution >= 4 is 33.3 Å². The first-order chi connectivity index (χ1) is 8.83. The standard InChI is InChI=1S/C14H11BrN2S/c15-12-6-4-11(5-7-12)10-18-14-9-16-13-3-1-2-8-17(13)14/h1-9H,10H2. The molecule has 2 nitrogen and oxygen atoms in total. The number of thioether (sulfide) groups is 1. The number of nitrogens with zero attached hydrogens (tertiary/aromatic N) is 2. The molecule has 0 unspecified atom stereocenters. The number of benzene rings is 1. The Morgan fingerprint density at radius 3 is 2.78 bits per heavy atom. The summed E-state index contributed by atoms with van der Waals surface area (Å²) in [5, 5.41) is 1.17. The zero-order chi connectivity index (χ0) is 12.4. The van der Waals surface area contributed by atoms with Gasteiger partial charge in [0, 0.05) is 16.4 Å². The van der Waals surface area contributed by atoms with Gasteiger partial charge in [-0.3, -0.25) is 4.40 Å². The van der Waals surface area contributed by atoms with Gasteiger partial charge in [0.05, 0.1) is 11.2 Å². The Kier molecular flexibility index (Phi) is 3.39. The lowest BCUT2D eigenvalue weighted by molar-refractivity contribution is 1.05. The molecule has 0 amide bonds. The highest BCUT2D eigenvalue weighted by molar-refractivity contribution is 9.10. The van der Waals surface area contributed by atoms with E-state index in [1.54, 1.807) is 11.8 Å². The molecule has 0 fully saturated rings. The first kappa shape index (κ1) is 11.8. The van der Waals surface area contributed by atoms with Crippen LogP contribution >= 0.6 is 27.7 Å². The molecule has 0 atom stereocenters. The van der Waals surface area contributed by atoms with Gasteiger partial charge in [0.25, 0.3) is 0 Å². The number of aromatic nitrogens is 2. The molecule has 2 heterocycles. The van der Waals surface area contributed by atoms with E-state index in [1.807, 2.05) is 30.6 Å². The highest BCUT2D eigenvalue weighted by atomic mass is 79.9. The number of rotatable bonds is 3. The zero-order valence-electron chi connectivity index (χ0n) is 9.58. The van der Waals surface area contributed by atoms with E-state index in [9.17, 15) is 0 Å². The van der Waals surface area contributed by atoms with Gasteiger partial charge in [-0.15, -0.1) is 11.8 Å². The first-order valence-corrected chi connectivity index (χ1v) is 7.40. The maximum absolute atomic E-state index is 4.38. The van der Waals surface area contributed by atoms with Gasteiger partial charge in [-0.25, -0.2) is 4.98 Å². The topological polar surface area (TPSA) is 17.3 Å². The van der Waals surface area contributed by atoms with E-state index in [1.165, 1.54) is 10.6 Å². The molecule has 1 aromatic carbocycles. The van der Waals surface area contributed by atoms with Crippen LogP contribution < -0.4 is 0 Å². The number of pyridine rings is 1. The van der Waals surface area contributed by atoms with Crippen LogP contribution in [0, 0.1) is 0 Å². The molecule has 18 heavy (non-hydrogen) atoms. The van der Waals surface area contributed by atoms with E-state index in [0.29, 0.717) is 0 Å². The van der Waals surface area contributed by atoms with Crippen LogP contribution in [-0.2, 0) is 5.75 Å². The van der Waals surface area contributed by atoms with Gasteiger partial charge in [0.1, 0.15) is 5.65 Å². The second-order valence-corrected chi connectivity index (χ2v) is 5.85. The van der Waals surface area contributed by atoms with E-state index in [-0.39, 0.29) is 0 Å². The van der Waals surface area contributed by atoms with Gasteiger partial charge in [-0.2, -0.15) is 0 Å². The minimum atomic E-state index is 0.954. The molecule has 0 saturated heterocycles. The molecule has 2 aromatic heterocycles. The summed E-state index contributed by atoms with van der Waals surface area (Å²) in [7, 11) is 0. The average Bonchev–Trinajstić information content (AvgIpc) is 2.82. The van der Waals surface area contributed by atoms with E-state index in [2.05, 4.69) is 49.6 Å². The third-order valence-electron chi connectivity index (χ3n) is 2.68. The molecular formula is C14H11BrN2S. The molecule has 3 aromatic rings. The lowest BCUT2D eigenvalue weighted by atomic mass is 10.2. The van der Waals surface area contributed by atoms with Crippen molar-refractivity contribution in [3.05, 3.63) is 64.9 Å². The fourth-order valence-corrected chi connectivity index (χ4v) is 2.95. The SMILES string of the molecule is Brc1ccc(CSc2cnc3ccccn23)cc1. The van der Waals surface area contributed by atoms with Crippen LogP contribution in [0.2, 0.25) is 0 Å². The smallest absolute Gasteiger partial charge is 0.137 e. The Hall–Kier alpha value is -1.26. The van der Waals surface area contributed by atoms with E-state index < -0.39 is 0 Å². The fourth-order valence-electron chi connectivity index (χ4n) is 1.75. The predicted octanol–water partition coefficient (Wildman–Crippen LogP) is 4.39. The normalized spacial score (nSPS) is 10.9. The third-order valence-corrected chi connectivity index (χ3v) is 4.29. The van der Waals surface area contributed by atoms with Crippen LogP contribution in [0.4, 0.5) is 0 Å². The molecule has 0 N–H and O–H groups in total. The molecule has 0 radical (unpaired) electrons. The predicted molar refractivity (Wildman–Crippen MR) is 78.9 cm³/mol. The molecule has 0 saturated carbocycles. The van der Waals surface area contributed by atoms with Crippen molar-refractivity contribution in [3.63, 3.8) is 0 Å². The number of fused-ring (bicyclic) bond motifs is 1. The molecule has 0 spiro atoms. The Balaban J connectivity index is 1.79. The van der Waals surface area contributed by atoms with Gasteiger partial charge >= 0.3 is 0 Å². The van der Waals surface area contributed by atoms with Gasteiger partial charge in [-0.05, 0) is 29.8 Å². The average molecular weight is 319 g/mol. The summed E-state index contributed by atoms with van der Waals surface area (Å²) in [6.45, 7) is 0. The largest absolute Gasteiger partial charge is 0.295 e. The summed E-state index contributed by atoms with van der Waals surface area (Å²) in [4.78, 5) is 4.38. The quantitative estimate of drug-likeness (QED) is 0.666. The highest BCUT2D eigenvalue weighted by Crippen LogP contribution is 2.24. The van der Waals surface area contributed by atoms with Gasteiger partial charge < -0.3 is 0 Å². The number of hydrogen-bond donors (Lipinski definition) is 0. The van der Waals surface area contributed by atoms with Crippen LogP contribution in [0.15, 0.2) is 64.4 Å². The molecular weight excluding hydrogens is 308 g/mol. The van der Waals surface area contributed by atoms with Crippen LogP contribution in [-0.4, -0.2) is 9.38 Å². The van der Waals surface area contributed by atoms with Crippen molar-refractivity contribution in [2.24, 2.45) is 0 Å². The van der Waals surface area contributed by atoms with Crippen LogP contribution in [0.1, 0.15) is 5.56 Å². The van der Waals surface area contributed by atoms with Crippen molar-refractivity contribution in [2.45, 2.75) is 10.8 Å². The lowest BCUT2D eigenvalue weighted by Gasteiger charge is -2.02. The lowest BCUT2D eigenvalue weighted by Crippen LogP contribution is -1.86. The zero-order valence-corrected chi connectivity index (χ0v) is 12.0. The summed E-state index contributed by atoms with van der Waals surface area (Å²) in [5.74, 6) is 0.954. The minimum Gasteiger partial charge on any atom is -0.295 e. The van der Waals surface area contributed by atoms with Crippen molar-refractivity contribution in [2.75, 3.05) is 0 Å². The molecule has 0 bridgehead atoms. The molecule has 0 aliphatic rings. The minimum absolute atomic E-state index is 0.954. The van der Waals surface area contributed by atoms with E-state index >= 15 is 0 Å². The van der Waals surface area contributed by atoms with Crippen molar-refractivity contribution in [3.8, 4) is 0 Å². The molecule has 3 rings (SSSR count). The van der Waals surface area contributed by atoms with E-state index in [4.69, 9.17) is 0 Å². The van der Waals surface area contributed by atoms with Gasteiger partial charge in [0.15, 0.2) is 0 Å². The molecule has 4 heteroatoms. The number of hydrogen-bond acceptors (Lipinski definition) is 2. The first-order valence-electron chi connectivity index (χ1n) is 5.62. The van der Waals surface area contributed by atoms with Crippen molar-refractivity contribution in [1.29, 1.82) is 0 Å². The Morgan fingerprint density at radius 1 is 1.11 bits per heavy atom. The summed E-state index contributed by atoms with van der Waals surface area (Å²) in [6.07, 6.45) is 3.98. The van der Waals surface area contributed by atoms with Gasteiger partial charge in [0.2, 0.25) is 0 Å². The molecule has 0 aliphatic carbocycles. The maximum Gasteiger partial charge on any atom is 0.137 e. The number of halogens is 1. The second-order valence-electron chi connectivity index (χ2n) is 3.94. The van der Waals surface area contributed by atoms with Crippen molar-refractivity contribution in [1.82, 2.24) is 9.38 Å². The van der Waals surface area contributed by atoms with E-state index in [0.717, 1.165) is 15.9 Å². The monoisotopic (exact) mass is 318 g/mol. The molecule has 0 aliphatic heterocycles. The maximum atomic E-state index is 4.38. The Bertz CT molecular complexity index is 661. The van der Waals surface area contributed by atoms with Crippen LogP contribution in [0.5, 0.6) is 0 Å². The van der Waals surface area contributed by atoms with Crippen LogP contribution in [0.3, 0.4) is 0 Å².